The minimum atomic E-state index is 0.280. The van der Waals surface area contributed by atoms with Gasteiger partial charge in [0.2, 0.25) is 0 Å². The van der Waals surface area contributed by atoms with Gasteiger partial charge in [-0.05, 0) is 19.1 Å². The smallest absolute Gasteiger partial charge is 0.132 e. The first-order valence-corrected chi connectivity index (χ1v) is 4.37. The fraction of sp³-hybridized carbons (Fsp3) is 0.300. The summed E-state index contributed by atoms with van der Waals surface area (Å²) in [5.41, 5.74) is 0.784. The lowest BCUT2D eigenvalue weighted by molar-refractivity contribution is 0.474. The van der Waals surface area contributed by atoms with Crippen molar-refractivity contribution in [1.29, 1.82) is 0 Å². The van der Waals surface area contributed by atoms with E-state index in [1.807, 2.05) is 12.1 Å². The average Bonchev–Trinajstić information content (AvgIpc) is 2.53. The first-order chi connectivity index (χ1) is 6.27. The maximum atomic E-state index is 9.54. The molecule has 2 N–H and O–H groups in total. The van der Waals surface area contributed by atoms with E-state index in [0.29, 0.717) is 6.04 Å². The maximum absolute atomic E-state index is 9.54. The molecule has 1 aromatic carbocycles. The van der Waals surface area contributed by atoms with E-state index >= 15 is 0 Å². The zero-order valence-electron chi connectivity index (χ0n) is 7.49. The molecule has 0 fully saturated rings. The molecule has 2 rings (SSSR count). The van der Waals surface area contributed by atoms with Crippen LogP contribution in [0, 0.1) is 0 Å². The number of hydrogen-bond donors (Lipinski definition) is 2. The molecule has 3 heteroatoms. The Morgan fingerprint density at radius 1 is 1.46 bits per heavy atom. The van der Waals surface area contributed by atoms with E-state index in [4.69, 9.17) is 0 Å². The Morgan fingerprint density at radius 3 is 2.85 bits per heavy atom. The highest BCUT2D eigenvalue weighted by Crippen LogP contribution is 2.17. The molecule has 0 spiro atoms. The van der Waals surface area contributed by atoms with Crippen LogP contribution in [0.1, 0.15) is 12.5 Å². The fourth-order valence-electron chi connectivity index (χ4n) is 1.39. The van der Waals surface area contributed by atoms with Crippen LogP contribution in [0.25, 0.3) is 0 Å². The van der Waals surface area contributed by atoms with Crippen LogP contribution in [0.3, 0.4) is 0 Å². The summed E-state index contributed by atoms with van der Waals surface area (Å²) < 4.78 is 0. The van der Waals surface area contributed by atoms with Crippen molar-refractivity contribution in [1.82, 2.24) is 5.32 Å². The zero-order chi connectivity index (χ0) is 9.26. The standard InChI is InChI=1S/C10H12N2O/c1-7-6-11-10(12-7)8-4-2-3-5-9(8)13/h2-5,7,13H,6H2,1H3,(H,11,12)/t7-/m0/s1. The summed E-state index contributed by atoms with van der Waals surface area (Å²) in [5, 5.41) is 12.7. The summed E-state index contributed by atoms with van der Waals surface area (Å²) in [7, 11) is 0. The van der Waals surface area contributed by atoms with Gasteiger partial charge >= 0.3 is 0 Å². The highest BCUT2D eigenvalue weighted by molar-refractivity contribution is 6.02. The Morgan fingerprint density at radius 2 is 2.23 bits per heavy atom. The molecule has 0 aliphatic carbocycles. The van der Waals surface area contributed by atoms with Gasteiger partial charge in [-0.2, -0.15) is 0 Å². The lowest BCUT2D eigenvalue weighted by Gasteiger charge is -2.06. The molecular weight excluding hydrogens is 164 g/mol. The summed E-state index contributed by atoms with van der Waals surface area (Å²) in [6.45, 7) is 2.85. The first kappa shape index (κ1) is 8.10. The Balaban J connectivity index is 2.31. The van der Waals surface area contributed by atoms with Gasteiger partial charge in [-0.25, -0.2) is 0 Å². The van der Waals surface area contributed by atoms with Gasteiger partial charge in [-0.3, -0.25) is 4.99 Å². The van der Waals surface area contributed by atoms with E-state index in [0.717, 1.165) is 17.9 Å². The van der Waals surface area contributed by atoms with Crippen LogP contribution in [0.5, 0.6) is 5.75 Å². The number of aliphatic imine (C=N–C) groups is 1. The van der Waals surface area contributed by atoms with Gasteiger partial charge in [0.1, 0.15) is 11.6 Å². The lowest BCUT2D eigenvalue weighted by Crippen LogP contribution is -2.27. The van der Waals surface area contributed by atoms with Crippen molar-refractivity contribution in [2.45, 2.75) is 13.0 Å². The molecule has 3 nitrogen and oxygen atoms in total. The Bertz CT molecular complexity index is 347. The van der Waals surface area contributed by atoms with Gasteiger partial charge in [-0.1, -0.05) is 12.1 Å². The largest absolute Gasteiger partial charge is 0.507 e. The SMILES string of the molecule is C[C@H]1CN=C(c2ccccc2O)N1. The number of para-hydroxylation sites is 1. The van der Waals surface area contributed by atoms with Crippen molar-refractivity contribution >= 4 is 5.84 Å². The van der Waals surface area contributed by atoms with Crippen LogP contribution in [-0.4, -0.2) is 23.5 Å². The molecule has 0 saturated heterocycles. The molecule has 13 heavy (non-hydrogen) atoms. The van der Waals surface area contributed by atoms with Crippen LogP contribution in [-0.2, 0) is 0 Å². The highest BCUT2D eigenvalue weighted by Gasteiger charge is 2.15. The summed E-state index contributed by atoms with van der Waals surface area (Å²) in [4.78, 5) is 4.29. The molecule has 0 saturated carbocycles. The molecule has 0 unspecified atom stereocenters. The molecule has 1 aliphatic rings. The van der Waals surface area contributed by atoms with E-state index in [1.54, 1.807) is 12.1 Å². The third-order valence-electron chi connectivity index (χ3n) is 2.07. The highest BCUT2D eigenvalue weighted by atomic mass is 16.3. The minimum absolute atomic E-state index is 0.280. The molecule has 1 aromatic rings. The number of amidine groups is 1. The summed E-state index contributed by atoms with van der Waals surface area (Å²) in [6, 6.07) is 7.59. The topological polar surface area (TPSA) is 44.6 Å². The number of rotatable bonds is 1. The number of phenols is 1. The summed E-state index contributed by atoms with van der Waals surface area (Å²) in [5.74, 6) is 1.08. The molecule has 0 aromatic heterocycles. The molecule has 1 aliphatic heterocycles. The van der Waals surface area contributed by atoms with E-state index in [9.17, 15) is 5.11 Å². The van der Waals surface area contributed by atoms with Crippen molar-refractivity contribution in [3.8, 4) is 5.75 Å². The molecule has 0 bridgehead atoms. The number of nitrogens with zero attached hydrogens (tertiary/aromatic N) is 1. The second kappa shape index (κ2) is 3.09. The van der Waals surface area contributed by atoms with Crippen molar-refractivity contribution < 1.29 is 5.11 Å². The second-order valence-corrected chi connectivity index (χ2v) is 3.25. The number of aromatic hydroxyl groups is 1. The number of nitrogens with one attached hydrogen (secondary N) is 1. The van der Waals surface area contributed by atoms with Crippen molar-refractivity contribution in [2.24, 2.45) is 4.99 Å². The molecule has 1 atom stereocenters. The number of benzene rings is 1. The normalized spacial score (nSPS) is 21.0. The van der Waals surface area contributed by atoms with E-state index < -0.39 is 0 Å². The number of phenolic OH excluding ortho intramolecular Hbond substituents is 1. The minimum Gasteiger partial charge on any atom is -0.507 e. The average molecular weight is 176 g/mol. The van der Waals surface area contributed by atoms with Crippen LogP contribution < -0.4 is 5.32 Å². The van der Waals surface area contributed by atoms with Gasteiger partial charge in [0.05, 0.1) is 12.1 Å². The van der Waals surface area contributed by atoms with E-state index in [2.05, 4.69) is 17.2 Å². The Hall–Kier alpha value is -1.51. The molecule has 0 radical (unpaired) electrons. The lowest BCUT2D eigenvalue weighted by atomic mass is 10.2. The number of hydrogen-bond acceptors (Lipinski definition) is 3. The van der Waals surface area contributed by atoms with Crippen LogP contribution in [0.15, 0.2) is 29.3 Å². The zero-order valence-corrected chi connectivity index (χ0v) is 7.49. The van der Waals surface area contributed by atoms with E-state index in [1.165, 1.54) is 0 Å². The molecule has 68 valence electrons. The fourth-order valence-corrected chi connectivity index (χ4v) is 1.39. The van der Waals surface area contributed by atoms with Gasteiger partial charge in [-0.15, -0.1) is 0 Å². The van der Waals surface area contributed by atoms with Crippen LogP contribution in [0.4, 0.5) is 0 Å². The Kier molecular flexibility index (Phi) is 1.93. The van der Waals surface area contributed by atoms with Crippen molar-refractivity contribution in [2.75, 3.05) is 6.54 Å². The third kappa shape index (κ3) is 1.49. The van der Waals surface area contributed by atoms with Crippen LogP contribution >= 0.6 is 0 Å². The third-order valence-corrected chi connectivity index (χ3v) is 2.07. The summed E-state index contributed by atoms with van der Waals surface area (Å²) in [6.07, 6.45) is 0. The quantitative estimate of drug-likeness (QED) is 0.673. The molecule has 0 amide bonds. The molecular formula is C10H12N2O. The van der Waals surface area contributed by atoms with Crippen molar-refractivity contribution in [3.05, 3.63) is 29.8 Å². The first-order valence-electron chi connectivity index (χ1n) is 4.37. The molecule has 1 heterocycles. The monoisotopic (exact) mass is 176 g/mol. The van der Waals surface area contributed by atoms with E-state index in [-0.39, 0.29) is 5.75 Å². The summed E-state index contributed by atoms with van der Waals surface area (Å²) >= 11 is 0. The second-order valence-electron chi connectivity index (χ2n) is 3.25. The van der Waals surface area contributed by atoms with Gasteiger partial charge in [0, 0.05) is 6.04 Å². The van der Waals surface area contributed by atoms with Crippen molar-refractivity contribution in [3.63, 3.8) is 0 Å². The van der Waals surface area contributed by atoms with Gasteiger partial charge < -0.3 is 10.4 Å². The predicted octanol–water partition coefficient (Wildman–Crippen LogP) is 1.13. The van der Waals surface area contributed by atoms with Crippen LogP contribution in [0.2, 0.25) is 0 Å². The predicted molar refractivity (Wildman–Crippen MR) is 52.1 cm³/mol. The van der Waals surface area contributed by atoms with Gasteiger partial charge in [0.15, 0.2) is 0 Å². The van der Waals surface area contributed by atoms with Gasteiger partial charge in [0.25, 0.3) is 0 Å². The maximum Gasteiger partial charge on any atom is 0.132 e. The Labute approximate surface area is 77.1 Å².